The summed E-state index contributed by atoms with van der Waals surface area (Å²) in [6, 6.07) is 0.180. The van der Waals surface area contributed by atoms with Gasteiger partial charge in [0.2, 0.25) is 0 Å². The second-order valence-electron chi connectivity index (χ2n) is 4.71. The fourth-order valence-electron chi connectivity index (χ4n) is 1.93. The quantitative estimate of drug-likeness (QED) is 0.775. The highest BCUT2D eigenvalue weighted by molar-refractivity contribution is 7.90. The van der Waals surface area contributed by atoms with Crippen molar-refractivity contribution >= 4 is 9.84 Å². The average molecular weight is 273 g/mol. The van der Waals surface area contributed by atoms with Crippen molar-refractivity contribution in [3.05, 3.63) is 18.2 Å². The van der Waals surface area contributed by atoms with E-state index in [1.165, 1.54) is 6.26 Å². The van der Waals surface area contributed by atoms with Gasteiger partial charge in [-0.3, -0.25) is 0 Å². The van der Waals surface area contributed by atoms with E-state index in [-0.39, 0.29) is 11.8 Å². The van der Waals surface area contributed by atoms with Gasteiger partial charge in [-0.25, -0.2) is 13.4 Å². The van der Waals surface area contributed by atoms with Crippen LogP contribution in [0.4, 0.5) is 0 Å². The Balaban J connectivity index is 2.59. The molecule has 0 aliphatic rings. The van der Waals surface area contributed by atoms with Gasteiger partial charge in [-0.1, -0.05) is 6.92 Å². The van der Waals surface area contributed by atoms with Gasteiger partial charge in [0.25, 0.3) is 0 Å². The maximum atomic E-state index is 11.1. The first-order chi connectivity index (χ1) is 8.44. The van der Waals surface area contributed by atoms with Crippen LogP contribution in [0.15, 0.2) is 12.5 Å². The van der Waals surface area contributed by atoms with Gasteiger partial charge in [-0.05, 0) is 25.8 Å². The van der Waals surface area contributed by atoms with Crippen molar-refractivity contribution in [1.29, 1.82) is 0 Å². The molecule has 1 heterocycles. The van der Waals surface area contributed by atoms with E-state index in [0.717, 1.165) is 25.1 Å². The van der Waals surface area contributed by atoms with E-state index in [0.29, 0.717) is 6.42 Å². The molecule has 0 amide bonds. The van der Waals surface area contributed by atoms with Gasteiger partial charge in [-0.2, -0.15) is 0 Å². The number of nitrogens with one attached hydrogen (secondary N) is 1. The zero-order valence-corrected chi connectivity index (χ0v) is 12.2. The maximum absolute atomic E-state index is 11.1. The third-order valence-corrected chi connectivity index (χ3v) is 3.89. The number of imidazole rings is 1. The largest absolute Gasteiger partial charge is 0.336 e. The number of hydrogen-bond acceptors (Lipinski definition) is 4. The summed E-state index contributed by atoms with van der Waals surface area (Å²) in [4.78, 5) is 4.11. The van der Waals surface area contributed by atoms with Crippen LogP contribution >= 0.6 is 0 Å². The summed E-state index contributed by atoms with van der Waals surface area (Å²) >= 11 is 0. The zero-order valence-electron chi connectivity index (χ0n) is 11.4. The Bertz CT molecular complexity index is 454. The van der Waals surface area contributed by atoms with Crippen molar-refractivity contribution in [2.75, 3.05) is 18.6 Å². The lowest BCUT2D eigenvalue weighted by Crippen LogP contribution is -2.24. The van der Waals surface area contributed by atoms with Crippen LogP contribution in [0.25, 0.3) is 0 Å². The number of aromatic nitrogens is 2. The zero-order chi connectivity index (χ0) is 13.6. The molecule has 0 fully saturated rings. The number of nitrogens with zero attached hydrogens (tertiary/aromatic N) is 2. The molecule has 1 aromatic rings. The molecule has 0 aromatic carbocycles. The molecule has 0 saturated heterocycles. The fourth-order valence-corrected chi connectivity index (χ4v) is 2.62. The highest BCUT2D eigenvalue weighted by Gasteiger charge is 2.14. The lowest BCUT2D eigenvalue weighted by Gasteiger charge is -2.18. The molecule has 0 spiro atoms. The molecule has 0 bridgehead atoms. The highest BCUT2D eigenvalue weighted by Crippen LogP contribution is 2.18. The first-order valence-electron chi connectivity index (χ1n) is 6.31. The van der Waals surface area contributed by atoms with Crippen LogP contribution in [0.2, 0.25) is 0 Å². The lowest BCUT2D eigenvalue weighted by molar-refractivity contribution is 0.471. The molecule has 1 rings (SSSR count). The molecule has 0 aliphatic heterocycles. The van der Waals surface area contributed by atoms with E-state index in [1.54, 1.807) is 6.33 Å². The molecule has 1 unspecified atom stereocenters. The molecule has 104 valence electrons. The van der Waals surface area contributed by atoms with Gasteiger partial charge in [0.1, 0.15) is 9.84 Å². The number of sulfone groups is 1. The van der Waals surface area contributed by atoms with Crippen LogP contribution in [-0.2, 0) is 16.9 Å². The highest BCUT2D eigenvalue weighted by atomic mass is 32.2. The second-order valence-corrected chi connectivity index (χ2v) is 6.97. The number of hydrogen-bond donors (Lipinski definition) is 1. The molecule has 6 heteroatoms. The number of rotatable bonds is 8. The predicted molar refractivity (Wildman–Crippen MR) is 73.2 cm³/mol. The maximum Gasteiger partial charge on any atom is 0.147 e. The van der Waals surface area contributed by atoms with Crippen LogP contribution < -0.4 is 5.32 Å². The molecule has 18 heavy (non-hydrogen) atoms. The lowest BCUT2D eigenvalue weighted by atomic mass is 10.1. The standard InChI is InChI=1S/C12H23N3O2S/c1-4-7-14-11(6-5-8-18(3,16)17)12-9-13-10-15(12)2/h9-11,14H,4-8H2,1-3H3. The SMILES string of the molecule is CCCNC(CCCS(C)(=O)=O)c1cncn1C. The van der Waals surface area contributed by atoms with Crippen molar-refractivity contribution in [3.8, 4) is 0 Å². The van der Waals surface area contributed by atoms with Gasteiger partial charge in [0.15, 0.2) is 0 Å². The van der Waals surface area contributed by atoms with Crippen LogP contribution in [0.5, 0.6) is 0 Å². The van der Waals surface area contributed by atoms with Gasteiger partial charge < -0.3 is 9.88 Å². The summed E-state index contributed by atoms with van der Waals surface area (Å²) in [6.45, 7) is 3.04. The van der Waals surface area contributed by atoms with E-state index < -0.39 is 9.84 Å². The fraction of sp³-hybridized carbons (Fsp3) is 0.750. The molecular weight excluding hydrogens is 250 g/mol. The van der Waals surface area contributed by atoms with Crippen LogP contribution in [-0.4, -0.2) is 36.5 Å². The molecule has 0 aliphatic carbocycles. The summed E-state index contributed by atoms with van der Waals surface area (Å²) in [5.74, 6) is 0.245. The third kappa shape index (κ3) is 5.18. The van der Waals surface area contributed by atoms with Gasteiger partial charge in [0.05, 0.1) is 12.0 Å². The van der Waals surface area contributed by atoms with Crippen molar-refractivity contribution in [2.45, 2.75) is 32.2 Å². The molecular formula is C12H23N3O2S. The van der Waals surface area contributed by atoms with E-state index in [2.05, 4.69) is 17.2 Å². The third-order valence-electron chi connectivity index (χ3n) is 2.86. The Kier molecular flexibility index (Phi) is 5.81. The smallest absolute Gasteiger partial charge is 0.147 e. The van der Waals surface area contributed by atoms with Gasteiger partial charge >= 0.3 is 0 Å². The van der Waals surface area contributed by atoms with Crippen molar-refractivity contribution in [1.82, 2.24) is 14.9 Å². The van der Waals surface area contributed by atoms with E-state index in [9.17, 15) is 8.42 Å². The topological polar surface area (TPSA) is 64.0 Å². The Morgan fingerprint density at radius 3 is 2.72 bits per heavy atom. The summed E-state index contributed by atoms with van der Waals surface area (Å²) in [7, 11) is -0.912. The molecule has 0 radical (unpaired) electrons. The van der Waals surface area contributed by atoms with E-state index in [1.807, 2.05) is 17.8 Å². The first-order valence-corrected chi connectivity index (χ1v) is 8.37. The predicted octanol–water partition coefficient (Wildman–Crippen LogP) is 1.29. The molecule has 0 saturated carbocycles. The van der Waals surface area contributed by atoms with Crippen molar-refractivity contribution in [3.63, 3.8) is 0 Å². The number of aryl methyl sites for hydroxylation is 1. The van der Waals surface area contributed by atoms with E-state index in [4.69, 9.17) is 0 Å². The monoisotopic (exact) mass is 273 g/mol. The minimum Gasteiger partial charge on any atom is -0.336 e. The van der Waals surface area contributed by atoms with E-state index >= 15 is 0 Å². The Morgan fingerprint density at radius 2 is 2.22 bits per heavy atom. The minimum absolute atomic E-state index is 0.180. The Morgan fingerprint density at radius 1 is 1.50 bits per heavy atom. The Hall–Kier alpha value is -0.880. The summed E-state index contributed by atoms with van der Waals surface area (Å²) in [5.41, 5.74) is 1.11. The normalized spacial score (nSPS) is 13.7. The van der Waals surface area contributed by atoms with Crippen LogP contribution in [0.3, 0.4) is 0 Å². The summed E-state index contributed by atoms with van der Waals surface area (Å²) in [5, 5.41) is 3.44. The molecule has 1 atom stereocenters. The van der Waals surface area contributed by atoms with Crippen LogP contribution in [0.1, 0.15) is 37.9 Å². The molecule has 1 N–H and O–H groups in total. The minimum atomic E-state index is -2.87. The van der Waals surface area contributed by atoms with Crippen molar-refractivity contribution < 1.29 is 8.42 Å². The van der Waals surface area contributed by atoms with Gasteiger partial charge in [0, 0.05) is 31.3 Å². The summed E-state index contributed by atoms with van der Waals surface area (Å²) in [6.07, 6.45) is 7.43. The molecule has 1 aromatic heterocycles. The van der Waals surface area contributed by atoms with Crippen molar-refractivity contribution in [2.24, 2.45) is 7.05 Å². The molecule has 5 nitrogen and oxygen atoms in total. The second kappa shape index (κ2) is 6.89. The summed E-state index contributed by atoms with van der Waals surface area (Å²) < 4.78 is 24.3. The van der Waals surface area contributed by atoms with Crippen LogP contribution in [0, 0.1) is 0 Å². The van der Waals surface area contributed by atoms with Gasteiger partial charge in [-0.15, -0.1) is 0 Å². The Labute approximate surface area is 110 Å². The average Bonchev–Trinajstić information content (AvgIpc) is 2.68. The first kappa shape index (κ1) is 15.2.